The molecule has 0 unspecified atom stereocenters. The summed E-state index contributed by atoms with van der Waals surface area (Å²) in [7, 11) is 0. The summed E-state index contributed by atoms with van der Waals surface area (Å²) in [6.07, 6.45) is 7.83. The number of ether oxygens (including phenoxy) is 1. The van der Waals surface area contributed by atoms with E-state index in [0.717, 1.165) is 52.2 Å². The van der Waals surface area contributed by atoms with Gasteiger partial charge in [-0.15, -0.1) is 11.3 Å². The molecule has 5 heterocycles. The van der Waals surface area contributed by atoms with E-state index in [2.05, 4.69) is 32.2 Å². The second kappa shape index (κ2) is 7.90. The molecule has 3 aliphatic rings. The number of rotatable bonds is 3. The molecule has 3 aromatic heterocycles. The Labute approximate surface area is 189 Å². The number of nitrogens with one attached hydrogen (secondary N) is 1. The van der Waals surface area contributed by atoms with Crippen LogP contribution in [0, 0.1) is 5.92 Å². The van der Waals surface area contributed by atoms with Crippen molar-refractivity contribution in [2.75, 3.05) is 25.1 Å². The first kappa shape index (κ1) is 19.8. The lowest BCUT2D eigenvalue weighted by Crippen LogP contribution is -2.50. The van der Waals surface area contributed by atoms with Crippen LogP contribution in [0.3, 0.4) is 0 Å². The summed E-state index contributed by atoms with van der Waals surface area (Å²) in [5.41, 5.74) is 3.51. The van der Waals surface area contributed by atoms with Crippen molar-refractivity contribution >= 4 is 45.3 Å². The van der Waals surface area contributed by atoms with Gasteiger partial charge in [0.1, 0.15) is 22.8 Å². The van der Waals surface area contributed by atoms with E-state index in [0.29, 0.717) is 26.3 Å². The van der Waals surface area contributed by atoms with Gasteiger partial charge in [-0.3, -0.25) is 9.79 Å². The molecular weight excluding hydrogens is 424 g/mol. The quantitative estimate of drug-likeness (QED) is 0.662. The summed E-state index contributed by atoms with van der Waals surface area (Å²) >= 11 is 1.69. The third-order valence-electron chi connectivity index (χ3n) is 6.61. The smallest absolute Gasteiger partial charge is 0.226 e. The van der Waals surface area contributed by atoms with Gasteiger partial charge < -0.3 is 15.0 Å². The van der Waals surface area contributed by atoms with Gasteiger partial charge in [0.25, 0.3) is 0 Å². The van der Waals surface area contributed by atoms with Crippen LogP contribution in [0.2, 0.25) is 0 Å². The summed E-state index contributed by atoms with van der Waals surface area (Å²) in [5, 5.41) is 4.46. The summed E-state index contributed by atoms with van der Waals surface area (Å²) < 4.78 is 5.51. The number of fused-ring (bicyclic) bond motifs is 4. The molecule has 1 saturated heterocycles. The molecule has 0 aromatic carbocycles. The van der Waals surface area contributed by atoms with Gasteiger partial charge in [0, 0.05) is 40.9 Å². The van der Waals surface area contributed by atoms with E-state index in [4.69, 9.17) is 4.74 Å². The number of aromatic nitrogens is 3. The summed E-state index contributed by atoms with van der Waals surface area (Å²) in [5.74, 6) is 1.82. The molecule has 3 aromatic rings. The number of carbonyl (C=O) groups excluding carboxylic acids is 1. The standard InChI is InChI=1S/C23H24N6O2S/c1-13-11-31-5-4-29(13)23(30)14-2-3-17-18(6-14)32-22-20(17)21(26-12-27-22)28-19-7-15-8-24-9-16(15)10-25-19/h7-8,10,12-14H,2-6,9,11H2,1H3,(H,25,26,27,28)/t13-,14+/m1/s1. The monoisotopic (exact) mass is 448 g/mol. The van der Waals surface area contributed by atoms with Crippen LogP contribution in [0.25, 0.3) is 10.2 Å². The Balaban J connectivity index is 1.28. The summed E-state index contributed by atoms with van der Waals surface area (Å²) in [6, 6.07) is 2.16. The molecule has 6 rings (SSSR count). The maximum atomic E-state index is 13.2. The topological polar surface area (TPSA) is 92.6 Å². The molecule has 1 aliphatic carbocycles. The third-order valence-corrected chi connectivity index (χ3v) is 7.77. The number of pyridine rings is 1. The van der Waals surface area contributed by atoms with E-state index in [-0.39, 0.29) is 17.9 Å². The molecule has 9 heteroatoms. The van der Waals surface area contributed by atoms with Crippen molar-refractivity contribution in [2.45, 2.75) is 38.8 Å². The Morgan fingerprint density at radius 2 is 2.25 bits per heavy atom. The van der Waals surface area contributed by atoms with Gasteiger partial charge in [-0.2, -0.15) is 0 Å². The largest absolute Gasteiger partial charge is 0.377 e. The average molecular weight is 449 g/mol. The minimum atomic E-state index is 0.0261. The van der Waals surface area contributed by atoms with Crippen molar-refractivity contribution in [2.24, 2.45) is 10.9 Å². The van der Waals surface area contributed by atoms with Gasteiger partial charge in [-0.1, -0.05) is 0 Å². The molecular formula is C23H24N6O2S. The average Bonchev–Trinajstić information content (AvgIpc) is 3.42. The molecule has 1 amide bonds. The fourth-order valence-corrected chi connectivity index (χ4v) is 6.16. The lowest BCUT2D eigenvalue weighted by atomic mass is 9.86. The van der Waals surface area contributed by atoms with E-state index in [1.165, 1.54) is 10.4 Å². The van der Waals surface area contributed by atoms with Crippen molar-refractivity contribution in [1.82, 2.24) is 19.9 Å². The maximum absolute atomic E-state index is 13.2. The number of hydrogen-bond donors (Lipinski definition) is 1. The number of carbonyl (C=O) groups is 1. The molecule has 32 heavy (non-hydrogen) atoms. The molecule has 0 radical (unpaired) electrons. The maximum Gasteiger partial charge on any atom is 0.226 e. The number of amides is 1. The number of thiophene rings is 1. The first-order valence-corrected chi connectivity index (χ1v) is 11.9. The lowest BCUT2D eigenvalue weighted by Gasteiger charge is -2.36. The van der Waals surface area contributed by atoms with Crippen molar-refractivity contribution in [3.63, 3.8) is 0 Å². The Bertz CT molecular complexity index is 1240. The SMILES string of the molecule is C[C@@H]1COCCN1C(=O)[C@H]1CCc2c(sc3ncnc(Nc4cc5c(cn4)CN=C5)c23)C1. The number of anilines is 2. The minimum Gasteiger partial charge on any atom is -0.377 e. The van der Waals surface area contributed by atoms with Crippen molar-refractivity contribution in [3.8, 4) is 0 Å². The van der Waals surface area contributed by atoms with Crippen LogP contribution >= 0.6 is 11.3 Å². The highest BCUT2D eigenvalue weighted by molar-refractivity contribution is 7.19. The Kier molecular flexibility index (Phi) is 4.87. The van der Waals surface area contributed by atoms with E-state index >= 15 is 0 Å². The molecule has 2 atom stereocenters. The molecule has 8 nitrogen and oxygen atoms in total. The Morgan fingerprint density at radius 3 is 3.16 bits per heavy atom. The zero-order chi connectivity index (χ0) is 21.7. The van der Waals surface area contributed by atoms with Crippen LogP contribution in [-0.2, 0) is 28.9 Å². The Hall–Kier alpha value is -2.91. The molecule has 1 N–H and O–H groups in total. The molecule has 0 bridgehead atoms. The highest BCUT2D eigenvalue weighted by atomic mass is 32.1. The highest BCUT2D eigenvalue weighted by Crippen LogP contribution is 2.41. The fraction of sp³-hybridized carbons (Fsp3) is 0.435. The predicted octanol–water partition coefficient (Wildman–Crippen LogP) is 3.11. The van der Waals surface area contributed by atoms with Crippen LogP contribution in [0.1, 0.15) is 34.9 Å². The van der Waals surface area contributed by atoms with Gasteiger partial charge in [-0.05, 0) is 37.8 Å². The Morgan fingerprint density at radius 1 is 1.31 bits per heavy atom. The predicted molar refractivity (Wildman–Crippen MR) is 124 cm³/mol. The van der Waals surface area contributed by atoms with E-state index in [9.17, 15) is 4.79 Å². The van der Waals surface area contributed by atoms with Gasteiger partial charge in [-0.25, -0.2) is 15.0 Å². The first-order chi connectivity index (χ1) is 15.7. The number of aryl methyl sites for hydroxylation is 1. The molecule has 2 aliphatic heterocycles. The number of nitrogens with zero attached hydrogens (tertiary/aromatic N) is 5. The van der Waals surface area contributed by atoms with Gasteiger partial charge in [0.2, 0.25) is 5.91 Å². The van der Waals surface area contributed by atoms with Gasteiger partial charge >= 0.3 is 0 Å². The normalized spacial score (nSPS) is 22.1. The second-order valence-electron chi connectivity index (χ2n) is 8.66. The summed E-state index contributed by atoms with van der Waals surface area (Å²) in [6.45, 7) is 4.70. The van der Waals surface area contributed by atoms with Crippen molar-refractivity contribution in [3.05, 3.63) is 40.2 Å². The van der Waals surface area contributed by atoms with Gasteiger partial charge in [0.15, 0.2) is 0 Å². The zero-order valence-corrected chi connectivity index (χ0v) is 18.7. The molecule has 1 fully saturated rings. The molecule has 164 valence electrons. The third kappa shape index (κ3) is 3.36. The lowest BCUT2D eigenvalue weighted by molar-refractivity contribution is -0.143. The second-order valence-corrected chi connectivity index (χ2v) is 9.75. The van der Waals surface area contributed by atoms with Gasteiger partial charge in [0.05, 0.1) is 31.2 Å². The zero-order valence-electron chi connectivity index (χ0n) is 17.9. The fourth-order valence-electron chi connectivity index (χ4n) is 4.89. The van der Waals surface area contributed by atoms with Crippen LogP contribution < -0.4 is 5.32 Å². The first-order valence-electron chi connectivity index (χ1n) is 11.1. The van der Waals surface area contributed by atoms with Crippen molar-refractivity contribution in [1.29, 1.82) is 0 Å². The van der Waals surface area contributed by atoms with E-state index in [1.54, 1.807) is 17.7 Å². The van der Waals surface area contributed by atoms with Crippen LogP contribution in [0.15, 0.2) is 23.6 Å². The number of hydrogen-bond acceptors (Lipinski definition) is 8. The van der Waals surface area contributed by atoms with Crippen molar-refractivity contribution < 1.29 is 9.53 Å². The minimum absolute atomic E-state index is 0.0261. The van der Waals surface area contributed by atoms with E-state index in [1.807, 2.05) is 23.4 Å². The van der Waals surface area contributed by atoms with Crippen LogP contribution in [0.5, 0.6) is 0 Å². The number of aliphatic imine (C=N–C) groups is 1. The highest BCUT2D eigenvalue weighted by Gasteiger charge is 2.34. The molecule has 0 saturated carbocycles. The van der Waals surface area contributed by atoms with Crippen LogP contribution in [0.4, 0.5) is 11.6 Å². The van der Waals surface area contributed by atoms with E-state index < -0.39 is 0 Å². The summed E-state index contributed by atoms with van der Waals surface area (Å²) in [4.78, 5) is 35.3. The number of morpholine rings is 1. The van der Waals surface area contributed by atoms with Crippen LogP contribution in [-0.4, -0.2) is 57.8 Å². The molecule has 0 spiro atoms.